The van der Waals surface area contributed by atoms with Crippen LogP contribution in [-0.2, 0) is 23.9 Å². The minimum atomic E-state index is -0.475. The molecule has 0 saturated heterocycles. The van der Waals surface area contributed by atoms with E-state index in [9.17, 15) is 14.4 Å². The monoisotopic (exact) mass is 320 g/mol. The number of hydrogen-bond acceptors (Lipinski definition) is 5. The summed E-state index contributed by atoms with van der Waals surface area (Å²) in [7, 11) is 0. The fraction of sp³-hybridized carbons (Fsp3) is 0.722. The second kappa shape index (κ2) is 6.46. The van der Waals surface area contributed by atoms with Crippen molar-refractivity contribution in [2.24, 2.45) is 11.8 Å². The Morgan fingerprint density at radius 3 is 2.74 bits per heavy atom. The fourth-order valence-corrected chi connectivity index (χ4v) is 4.34. The molecule has 0 aromatic heterocycles. The zero-order chi connectivity index (χ0) is 16.6. The van der Waals surface area contributed by atoms with Gasteiger partial charge >= 0.3 is 11.9 Å². The van der Waals surface area contributed by atoms with Gasteiger partial charge in [0.15, 0.2) is 5.78 Å². The van der Waals surface area contributed by atoms with E-state index in [1.807, 2.05) is 0 Å². The van der Waals surface area contributed by atoms with E-state index >= 15 is 0 Å². The summed E-state index contributed by atoms with van der Waals surface area (Å²) in [5, 5.41) is 0. The molecule has 2 saturated carbocycles. The van der Waals surface area contributed by atoms with Gasteiger partial charge in [0.1, 0.15) is 12.2 Å². The lowest BCUT2D eigenvalue weighted by Crippen LogP contribution is -2.40. The van der Waals surface area contributed by atoms with Crippen molar-refractivity contribution in [2.75, 3.05) is 0 Å². The number of unbranched alkanes of at least 4 members (excludes halogenated alkanes) is 3. The first kappa shape index (κ1) is 16.2. The molecule has 0 amide bonds. The summed E-state index contributed by atoms with van der Waals surface area (Å²) < 4.78 is 10.9. The molecule has 2 aliphatic carbocycles. The molecule has 2 fully saturated rings. The van der Waals surface area contributed by atoms with E-state index in [-0.39, 0.29) is 29.6 Å². The molecule has 0 aromatic rings. The normalized spacial score (nSPS) is 32.1. The Kier molecular flexibility index (Phi) is 4.55. The Morgan fingerprint density at radius 1 is 1.26 bits per heavy atom. The quantitative estimate of drug-likeness (QED) is 0.556. The summed E-state index contributed by atoms with van der Waals surface area (Å²) >= 11 is 0. The third kappa shape index (κ3) is 2.93. The van der Waals surface area contributed by atoms with Crippen molar-refractivity contribution >= 4 is 17.7 Å². The average Bonchev–Trinajstić information content (AvgIpc) is 2.96. The maximum Gasteiger partial charge on any atom is 0.334 e. The van der Waals surface area contributed by atoms with E-state index in [0.717, 1.165) is 25.7 Å². The number of rotatable bonds is 6. The minimum absolute atomic E-state index is 0.0641. The van der Waals surface area contributed by atoms with Crippen LogP contribution in [0.3, 0.4) is 0 Å². The molecule has 0 N–H and O–H groups in total. The van der Waals surface area contributed by atoms with Gasteiger partial charge in [-0.25, -0.2) is 4.79 Å². The van der Waals surface area contributed by atoms with Crippen LogP contribution in [0.1, 0.15) is 58.8 Å². The highest BCUT2D eigenvalue weighted by molar-refractivity contribution is 6.07. The molecule has 126 valence electrons. The molecule has 0 spiro atoms. The summed E-state index contributed by atoms with van der Waals surface area (Å²) in [5.41, 5.74) is 1.26. The summed E-state index contributed by atoms with van der Waals surface area (Å²) in [5.74, 6) is -0.580. The molecule has 0 unspecified atom stereocenters. The van der Waals surface area contributed by atoms with Crippen LogP contribution in [0, 0.1) is 11.8 Å². The molecular formula is C18H24O5. The Morgan fingerprint density at radius 2 is 2.04 bits per heavy atom. The maximum atomic E-state index is 12.4. The van der Waals surface area contributed by atoms with E-state index in [1.165, 1.54) is 6.92 Å². The van der Waals surface area contributed by atoms with E-state index < -0.39 is 12.2 Å². The summed E-state index contributed by atoms with van der Waals surface area (Å²) in [6, 6.07) is 0. The van der Waals surface area contributed by atoms with Crippen LogP contribution in [0.25, 0.3) is 0 Å². The molecule has 0 radical (unpaired) electrons. The molecule has 3 aliphatic rings. The number of esters is 2. The molecule has 0 aromatic carbocycles. The lowest BCUT2D eigenvalue weighted by atomic mass is 9.87. The van der Waals surface area contributed by atoms with E-state index in [2.05, 4.69) is 6.92 Å². The second-order valence-corrected chi connectivity index (χ2v) is 6.87. The number of carbonyl (C=O) groups is 3. The average molecular weight is 320 g/mol. The lowest BCUT2D eigenvalue weighted by Gasteiger charge is -2.30. The highest BCUT2D eigenvalue weighted by Gasteiger charge is 2.57. The summed E-state index contributed by atoms with van der Waals surface area (Å²) in [6.45, 7) is 3.50. The van der Waals surface area contributed by atoms with Crippen LogP contribution in [0.2, 0.25) is 0 Å². The molecule has 3 rings (SSSR count). The van der Waals surface area contributed by atoms with Crippen molar-refractivity contribution in [1.29, 1.82) is 0 Å². The van der Waals surface area contributed by atoms with Crippen LogP contribution in [0.15, 0.2) is 11.1 Å². The van der Waals surface area contributed by atoms with Gasteiger partial charge in [-0.1, -0.05) is 26.2 Å². The number of ether oxygens (including phenoxy) is 2. The topological polar surface area (TPSA) is 69.7 Å². The first-order valence-corrected chi connectivity index (χ1v) is 8.67. The first-order valence-electron chi connectivity index (χ1n) is 8.67. The molecule has 5 heteroatoms. The molecule has 1 heterocycles. The van der Waals surface area contributed by atoms with Crippen LogP contribution < -0.4 is 0 Å². The SMILES string of the molecule is CCCCCCC1=C2C(=O)C[C@H]3C[C@H](OC(C)=O)[C@@H](OC1=O)[C@@H]23. The predicted octanol–water partition coefficient (Wildman–Crippen LogP) is 2.72. The van der Waals surface area contributed by atoms with Gasteiger partial charge in [-0.2, -0.15) is 0 Å². The third-order valence-electron chi connectivity index (χ3n) is 5.26. The number of ketones is 1. The van der Waals surface area contributed by atoms with Gasteiger partial charge in [0, 0.05) is 30.4 Å². The molecule has 23 heavy (non-hydrogen) atoms. The van der Waals surface area contributed by atoms with Crippen molar-refractivity contribution in [3.05, 3.63) is 11.1 Å². The second-order valence-electron chi connectivity index (χ2n) is 6.87. The number of Topliss-reactive ketones (excluding diaryl/α,β-unsaturated/α-hetero) is 1. The van der Waals surface area contributed by atoms with Crippen molar-refractivity contribution in [3.63, 3.8) is 0 Å². The third-order valence-corrected chi connectivity index (χ3v) is 5.26. The van der Waals surface area contributed by atoms with E-state index in [4.69, 9.17) is 9.47 Å². The molecule has 5 nitrogen and oxygen atoms in total. The summed E-state index contributed by atoms with van der Waals surface area (Å²) in [6.07, 6.45) is 5.03. The predicted molar refractivity (Wildman–Crippen MR) is 82.4 cm³/mol. The van der Waals surface area contributed by atoms with E-state index in [0.29, 0.717) is 30.4 Å². The highest BCUT2D eigenvalue weighted by atomic mass is 16.6. The zero-order valence-electron chi connectivity index (χ0n) is 13.8. The Hall–Kier alpha value is -1.65. The Labute approximate surface area is 136 Å². The molecule has 4 atom stereocenters. The van der Waals surface area contributed by atoms with Gasteiger partial charge in [0.25, 0.3) is 0 Å². The zero-order valence-corrected chi connectivity index (χ0v) is 13.8. The standard InChI is InChI=1S/C18H24O5/c1-3-4-5-6-7-12-16-13(20)8-11-9-14(22-10(2)19)17(15(11)16)23-18(12)21/h11,14-15,17H,3-9H2,1-2H3/t11-,14-,15+,17+/m0/s1. The van der Waals surface area contributed by atoms with Crippen molar-refractivity contribution in [3.8, 4) is 0 Å². The smallest absolute Gasteiger partial charge is 0.334 e. The first-order chi connectivity index (χ1) is 11.0. The number of hydrogen-bond donors (Lipinski definition) is 0. The Bertz CT molecular complexity index is 562. The van der Waals surface area contributed by atoms with Crippen LogP contribution in [0.5, 0.6) is 0 Å². The molecule has 1 aliphatic heterocycles. The number of carbonyl (C=O) groups excluding carboxylic acids is 3. The van der Waals surface area contributed by atoms with Gasteiger partial charge < -0.3 is 9.47 Å². The Balaban J connectivity index is 1.81. The molecule has 0 bridgehead atoms. The van der Waals surface area contributed by atoms with Crippen LogP contribution in [-0.4, -0.2) is 29.9 Å². The van der Waals surface area contributed by atoms with Gasteiger partial charge in [0.05, 0.1) is 0 Å². The van der Waals surface area contributed by atoms with Gasteiger partial charge in [0.2, 0.25) is 0 Å². The van der Waals surface area contributed by atoms with Crippen molar-refractivity contribution in [1.82, 2.24) is 0 Å². The van der Waals surface area contributed by atoms with Crippen molar-refractivity contribution in [2.45, 2.75) is 71.0 Å². The maximum absolute atomic E-state index is 12.4. The fourth-order valence-electron chi connectivity index (χ4n) is 4.34. The van der Waals surface area contributed by atoms with Gasteiger partial charge in [-0.3, -0.25) is 9.59 Å². The largest absolute Gasteiger partial charge is 0.459 e. The minimum Gasteiger partial charge on any atom is -0.459 e. The van der Waals surface area contributed by atoms with Crippen molar-refractivity contribution < 1.29 is 23.9 Å². The lowest BCUT2D eigenvalue weighted by molar-refractivity contribution is -0.165. The summed E-state index contributed by atoms with van der Waals surface area (Å²) in [4.78, 5) is 36.0. The highest BCUT2D eigenvalue weighted by Crippen LogP contribution is 2.51. The van der Waals surface area contributed by atoms with Gasteiger partial charge in [-0.15, -0.1) is 0 Å². The van der Waals surface area contributed by atoms with Crippen LogP contribution >= 0.6 is 0 Å². The molecular weight excluding hydrogens is 296 g/mol. The van der Waals surface area contributed by atoms with E-state index in [1.54, 1.807) is 0 Å². The van der Waals surface area contributed by atoms with Crippen LogP contribution in [0.4, 0.5) is 0 Å². The van der Waals surface area contributed by atoms with Gasteiger partial charge in [-0.05, 0) is 25.2 Å².